The third-order valence-electron chi connectivity index (χ3n) is 2.76. The van der Waals surface area contributed by atoms with E-state index in [9.17, 15) is 5.11 Å². The molecule has 3 nitrogen and oxygen atoms in total. The summed E-state index contributed by atoms with van der Waals surface area (Å²) in [7, 11) is 0. The molecule has 0 rings (SSSR count). The lowest BCUT2D eigenvalue weighted by atomic mass is 10.0. The van der Waals surface area contributed by atoms with E-state index < -0.39 is 6.29 Å². The third kappa shape index (κ3) is 10.7. The SMILES string of the molecule is C=C(/C=C\C(=C/C)CCCC(O)OCC)CC(C)N. The smallest absolute Gasteiger partial charge is 0.154 e. The van der Waals surface area contributed by atoms with Gasteiger partial charge in [-0.2, -0.15) is 0 Å². The Labute approximate surface area is 117 Å². The van der Waals surface area contributed by atoms with Gasteiger partial charge in [-0.25, -0.2) is 0 Å². The van der Waals surface area contributed by atoms with Gasteiger partial charge in [0.05, 0.1) is 0 Å². The van der Waals surface area contributed by atoms with Crippen molar-refractivity contribution in [2.45, 2.75) is 58.8 Å². The number of aliphatic hydroxyl groups excluding tert-OH is 1. The highest BCUT2D eigenvalue weighted by Crippen LogP contribution is 2.13. The molecular formula is C16H29NO2. The number of allylic oxidation sites excluding steroid dienone is 4. The van der Waals surface area contributed by atoms with Crippen molar-refractivity contribution in [1.29, 1.82) is 0 Å². The molecule has 2 unspecified atom stereocenters. The molecule has 19 heavy (non-hydrogen) atoms. The fourth-order valence-electron chi connectivity index (χ4n) is 1.79. The molecule has 3 N–H and O–H groups in total. The van der Waals surface area contributed by atoms with Crippen molar-refractivity contribution < 1.29 is 9.84 Å². The minimum Gasteiger partial charge on any atom is -0.368 e. The maximum atomic E-state index is 9.46. The maximum absolute atomic E-state index is 9.46. The van der Waals surface area contributed by atoms with Crippen molar-refractivity contribution in [2.24, 2.45) is 5.73 Å². The second kappa shape index (κ2) is 11.0. The molecule has 110 valence electrons. The molecule has 0 aliphatic rings. The minimum absolute atomic E-state index is 0.146. The summed E-state index contributed by atoms with van der Waals surface area (Å²) in [6.07, 6.45) is 8.88. The highest BCUT2D eigenvalue weighted by atomic mass is 16.6. The Hall–Kier alpha value is -0.900. The van der Waals surface area contributed by atoms with Crippen LogP contribution in [0.5, 0.6) is 0 Å². The van der Waals surface area contributed by atoms with E-state index in [2.05, 4.69) is 18.7 Å². The summed E-state index contributed by atoms with van der Waals surface area (Å²) in [6.45, 7) is 10.4. The van der Waals surface area contributed by atoms with E-state index in [-0.39, 0.29) is 6.04 Å². The molecule has 0 aromatic heterocycles. The lowest BCUT2D eigenvalue weighted by Crippen LogP contribution is -2.14. The zero-order chi connectivity index (χ0) is 14.7. The molecule has 0 saturated carbocycles. The van der Waals surface area contributed by atoms with E-state index in [4.69, 9.17) is 10.5 Å². The van der Waals surface area contributed by atoms with Gasteiger partial charge in [-0.15, -0.1) is 0 Å². The number of hydrogen-bond donors (Lipinski definition) is 2. The number of ether oxygens (including phenoxy) is 1. The first-order chi connectivity index (χ1) is 8.99. The molecule has 0 aliphatic carbocycles. The van der Waals surface area contributed by atoms with E-state index in [1.807, 2.05) is 26.8 Å². The van der Waals surface area contributed by atoms with Gasteiger partial charge in [-0.05, 0) is 46.5 Å². The fourth-order valence-corrected chi connectivity index (χ4v) is 1.79. The molecule has 0 amide bonds. The molecular weight excluding hydrogens is 238 g/mol. The van der Waals surface area contributed by atoms with Crippen LogP contribution in [0, 0.1) is 0 Å². The summed E-state index contributed by atoms with van der Waals surface area (Å²) in [5, 5.41) is 9.46. The van der Waals surface area contributed by atoms with E-state index in [1.165, 1.54) is 5.57 Å². The summed E-state index contributed by atoms with van der Waals surface area (Å²) in [4.78, 5) is 0. The fraction of sp³-hybridized carbons (Fsp3) is 0.625. The van der Waals surface area contributed by atoms with Crippen molar-refractivity contribution in [1.82, 2.24) is 0 Å². The second-order valence-corrected chi connectivity index (χ2v) is 4.84. The van der Waals surface area contributed by atoms with Gasteiger partial charge in [0.2, 0.25) is 0 Å². The highest BCUT2D eigenvalue weighted by Gasteiger charge is 2.02. The van der Waals surface area contributed by atoms with E-state index in [0.717, 1.165) is 24.8 Å². The number of aliphatic hydroxyl groups is 1. The van der Waals surface area contributed by atoms with Crippen LogP contribution in [0.15, 0.2) is 36.0 Å². The Morgan fingerprint density at radius 3 is 2.63 bits per heavy atom. The molecule has 0 aliphatic heterocycles. The zero-order valence-corrected chi connectivity index (χ0v) is 12.6. The monoisotopic (exact) mass is 267 g/mol. The van der Waals surface area contributed by atoms with Gasteiger partial charge in [0.15, 0.2) is 6.29 Å². The van der Waals surface area contributed by atoms with Crippen LogP contribution in [-0.2, 0) is 4.74 Å². The molecule has 2 atom stereocenters. The second-order valence-electron chi connectivity index (χ2n) is 4.84. The van der Waals surface area contributed by atoms with Crippen LogP contribution >= 0.6 is 0 Å². The van der Waals surface area contributed by atoms with Crippen LogP contribution in [0.3, 0.4) is 0 Å². The summed E-state index contributed by atoms with van der Waals surface area (Å²) in [5.74, 6) is 0. The predicted molar refractivity (Wildman–Crippen MR) is 81.8 cm³/mol. The summed E-state index contributed by atoms with van der Waals surface area (Å²) >= 11 is 0. The summed E-state index contributed by atoms with van der Waals surface area (Å²) < 4.78 is 5.09. The molecule has 0 aromatic carbocycles. The van der Waals surface area contributed by atoms with Crippen molar-refractivity contribution in [3.63, 3.8) is 0 Å². The lowest BCUT2D eigenvalue weighted by Gasteiger charge is -2.10. The van der Waals surface area contributed by atoms with Crippen molar-refractivity contribution in [3.05, 3.63) is 36.0 Å². The largest absolute Gasteiger partial charge is 0.368 e. The van der Waals surface area contributed by atoms with Gasteiger partial charge in [-0.3, -0.25) is 0 Å². The third-order valence-corrected chi connectivity index (χ3v) is 2.76. The average Bonchev–Trinajstić information content (AvgIpc) is 2.32. The Kier molecular flexibility index (Phi) is 10.5. The van der Waals surface area contributed by atoms with Gasteiger partial charge in [0.1, 0.15) is 0 Å². The van der Waals surface area contributed by atoms with Crippen LogP contribution in [0.2, 0.25) is 0 Å². The van der Waals surface area contributed by atoms with Crippen molar-refractivity contribution >= 4 is 0 Å². The van der Waals surface area contributed by atoms with Crippen LogP contribution in [0.25, 0.3) is 0 Å². The topological polar surface area (TPSA) is 55.5 Å². The molecule has 0 aromatic rings. The Morgan fingerprint density at radius 1 is 1.42 bits per heavy atom. The minimum atomic E-state index is -0.639. The quantitative estimate of drug-likeness (QED) is 0.471. The van der Waals surface area contributed by atoms with Gasteiger partial charge in [0.25, 0.3) is 0 Å². The molecule has 0 saturated heterocycles. The van der Waals surface area contributed by atoms with Crippen molar-refractivity contribution in [3.8, 4) is 0 Å². The van der Waals surface area contributed by atoms with E-state index in [0.29, 0.717) is 13.0 Å². The lowest BCUT2D eigenvalue weighted by molar-refractivity contribution is -0.0990. The Balaban J connectivity index is 4.02. The van der Waals surface area contributed by atoms with Gasteiger partial charge < -0.3 is 15.6 Å². The molecule has 0 bridgehead atoms. The molecule has 0 spiro atoms. The summed E-state index contributed by atoms with van der Waals surface area (Å²) in [6, 6.07) is 0.146. The first-order valence-corrected chi connectivity index (χ1v) is 7.05. The summed E-state index contributed by atoms with van der Waals surface area (Å²) in [5.41, 5.74) is 8.01. The average molecular weight is 267 g/mol. The standard InChI is InChI=1S/C16H29NO2/c1-5-15(8-7-9-16(18)19-6-2)11-10-13(3)12-14(4)17/h5,10-11,14,16,18H,3,6-9,12,17H2,1-2,4H3/b11-10-,15-5-. The molecule has 3 heteroatoms. The number of nitrogens with two attached hydrogens (primary N) is 1. The Bertz CT molecular complexity index is 306. The van der Waals surface area contributed by atoms with Crippen LogP contribution in [0.1, 0.15) is 46.5 Å². The van der Waals surface area contributed by atoms with Crippen LogP contribution < -0.4 is 5.73 Å². The highest BCUT2D eigenvalue weighted by molar-refractivity contribution is 5.26. The molecule has 0 radical (unpaired) electrons. The van der Waals surface area contributed by atoms with Crippen molar-refractivity contribution in [2.75, 3.05) is 6.61 Å². The van der Waals surface area contributed by atoms with Gasteiger partial charge >= 0.3 is 0 Å². The van der Waals surface area contributed by atoms with Crippen LogP contribution in [0.4, 0.5) is 0 Å². The number of rotatable bonds is 10. The maximum Gasteiger partial charge on any atom is 0.154 e. The predicted octanol–water partition coefficient (Wildman–Crippen LogP) is 3.31. The normalized spacial score (nSPS) is 15.7. The number of hydrogen-bond acceptors (Lipinski definition) is 3. The zero-order valence-electron chi connectivity index (χ0n) is 12.6. The first-order valence-electron chi connectivity index (χ1n) is 7.05. The van der Waals surface area contributed by atoms with E-state index >= 15 is 0 Å². The first kappa shape index (κ1) is 18.1. The van der Waals surface area contributed by atoms with Gasteiger partial charge in [0, 0.05) is 12.6 Å². The van der Waals surface area contributed by atoms with Crippen LogP contribution in [-0.4, -0.2) is 24.0 Å². The molecule has 0 heterocycles. The Morgan fingerprint density at radius 2 is 2.11 bits per heavy atom. The van der Waals surface area contributed by atoms with Gasteiger partial charge in [-0.1, -0.05) is 36.0 Å². The van der Waals surface area contributed by atoms with E-state index in [1.54, 1.807) is 0 Å². The molecule has 0 fully saturated rings.